The van der Waals surface area contributed by atoms with Crippen LogP contribution in [0, 0.1) is 22.6 Å². The van der Waals surface area contributed by atoms with Gasteiger partial charge in [0, 0.05) is 19.2 Å². The lowest BCUT2D eigenvalue weighted by molar-refractivity contribution is -0.140. The van der Waals surface area contributed by atoms with Gasteiger partial charge < -0.3 is 15.0 Å². The highest BCUT2D eigenvalue weighted by molar-refractivity contribution is 6.32. The number of likely N-dealkylation sites (tertiary alicyclic amines) is 1. The molecule has 5 rings (SSSR count). The van der Waals surface area contributed by atoms with Crippen molar-refractivity contribution in [2.24, 2.45) is 5.41 Å². The molecule has 8 nitrogen and oxygen atoms in total. The first-order chi connectivity index (χ1) is 16.5. The van der Waals surface area contributed by atoms with Crippen molar-refractivity contribution in [1.29, 1.82) is 5.26 Å². The van der Waals surface area contributed by atoms with E-state index in [9.17, 15) is 14.4 Å². The van der Waals surface area contributed by atoms with Gasteiger partial charge in [0.1, 0.15) is 24.2 Å². The molecule has 1 atom stereocenters. The first-order valence-corrected chi connectivity index (χ1v) is 11.4. The average molecular weight is 481 g/mol. The number of carbonyl (C=O) groups excluding carboxylic acids is 1. The molecule has 3 heterocycles. The summed E-state index contributed by atoms with van der Waals surface area (Å²) in [7, 11) is 0. The van der Waals surface area contributed by atoms with Gasteiger partial charge in [-0.3, -0.25) is 9.36 Å². The molecule has 174 valence electrons. The topological polar surface area (TPSA) is 96.1 Å². The van der Waals surface area contributed by atoms with Crippen LogP contribution in [0.15, 0.2) is 49.1 Å². The minimum Gasteiger partial charge on any atom is -0.476 e. The molecule has 2 aliphatic heterocycles. The molecule has 1 aromatic heterocycles. The number of nitrogens with one attached hydrogen (secondary N) is 1. The smallest absolute Gasteiger partial charge is 0.265 e. The van der Waals surface area contributed by atoms with Crippen LogP contribution in [-0.4, -0.2) is 51.3 Å². The summed E-state index contributed by atoms with van der Waals surface area (Å²) in [6.07, 6.45) is 4.02. The highest BCUT2D eigenvalue weighted by atomic mass is 35.5. The zero-order valence-electron chi connectivity index (χ0n) is 18.2. The van der Waals surface area contributed by atoms with Gasteiger partial charge in [0.05, 0.1) is 34.4 Å². The number of hydrogen-bond donors (Lipinski definition) is 1. The quantitative estimate of drug-likeness (QED) is 0.613. The normalized spacial score (nSPS) is 18.9. The molecule has 0 spiro atoms. The van der Waals surface area contributed by atoms with E-state index in [1.807, 2.05) is 0 Å². The second kappa shape index (κ2) is 8.95. The van der Waals surface area contributed by atoms with Gasteiger partial charge in [0.2, 0.25) is 0 Å². The summed E-state index contributed by atoms with van der Waals surface area (Å²) >= 11 is 6.39. The van der Waals surface area contributed by atoms with Crippen LogP contribution in [-0.2, 0) is 11.2 Å². The maximum absolute atomic E-state index is 13.2. The molecule has 2 aliphatic rings. The van der Waals surface area contributed by atoms with E-state index >= 15 is 0 Å². The molecule has 10 heteroatoms. The molecule has 1 unspecified atom stereocenters. The molecule has 3 aromatic rings. The molecule has 1 N–H and O–H groups in total. The van der Waals surface area contributed by atoms with Crippen LogP contribution in [0.5, 0.6) is 5.75 Å². The highest BCUT2D eigenvalue weighted by Gasteiger charge is 2.39. The fraction of sp³-hybridized carbons (Fsp3) is 0.333. The fourth-order valence-corrected chi connectivity index (χ4v) is 4.78. The van der Waals surface area contributed by atoms with Crippen LogP contribution in [0.1, 0.15) is 18.4 Å². The number of fused-ring (bicyclic) bond motifs is 1. The van der Waals surface area contributed by atoms with E-state index in [0.717, 1.165) is 5.56 Å². The molecule has 0 radical (unpaired) electrons. The predicted molar refractivity (Wildman–Crippen MR) is 123 cm³/mol. The summed E-state index contributed by atoms with van der Waals surface area (Å²) in [4.78, 5) is 15.0. The Morgan fingerprint density at radius 2 is 1.94 bits per heavy atom. The lowest BCUT2D eigenvalue weighted by atomic mass is 9.75. The van der Waals surface area contributed by atoms with Crippen molar-refractivity contribution < 1.29 is 13.9 Å². The first-order valence-electron chi connectivity index (χ1n) is 11.0. The van der Waals surface area contributed by atoms with Gasteiger partial charge in [-0.05, 0) is 43.0 Å². The zero-order valence-corrected chi connectivity index (χ0v) is 19.0. The number of carbonyl (C=O) groups is 1. The minimum atomic E-state index is -0.686. The second-order valence-corrected chi connectivity index (χ2v) is 9.08. The van der Waals surface area contributed by atoms with E-state index in [0.29, 0.717) is 61.0 Å². The Hall–Kier alpha value is -3.64. The number of ether oxygens (including phenoxy) is 1. The van der Waals surface area contributed by atoms with Crippen molar-refractivity contribution >= 4 is 23.2 Å². The number of aromatic nitrogens is 3. The highest BCUT2D eigenvalue weighted by Crippen LogP contribution is 2.38. The van der Waals surface area contributed by atoms with Crippen LogP contribution in [0.2, 0.25) is 5.02 Å². The average Bonchev–Trinajstić information content (AvgIpc) is 3.39. The van der Waals surface area contributed by atoms with Gasteiger partial charge in [-0.2, -0.15) is 5.26 Å². The second-order valence-electron chi connectivity index (χ2n) is 8.68. The number of amides is 1. The maximum atomic E-state index is 13.2. The Labute approximate surface area is 200 Å². The largest absolute Gasteiger partial charge is 0.476 e. The number of anilines is 1. The molecule has 1 amide bonds. The van der Waals surface area contributed by atoms with Crippen LogP contribution in [0.3, 0.4) is 0 Å². The maximum Gasteiger partial charge on any atom is 0.265 e. The molecule has 0 bridgehead atoms. The van der Waals surface area contributed by atoms with E-state index in [1.54, 1.807) is 33.7 Å². The van der Waals surface area contributed by atoms with Crippen molar-refractivity contribution in [2.45, 2.75) is 25.4 Å². The van der Waals surface area contributed by atoms with Crippen LogP contribution in [0.25, 0.3) is 5.69 Å². The summed E-state index contributed by atoms with van der Waals surface area (Å²) in [5.41, 5.74) is 1.71. The lowest BCUT2D eigenvalue weighted by Crippen LogP contribution is -2.51. The van der Waals surface area contributed by atoms with Gasteiger partial charge in [0.25, 0.3) is 5.91 Å². The molecule has 1 saturated heterocycles. The van der Waals surface area contributed by atoms with Crippen molar-refractivity contribution in [3.05, 3.63) is 65.5 Å². The van der Waals surface area contributed by atoms with Crippen molar-refractivity contribution in [2.75, 3.05) is 25.0 Å². The summed E-state index contributed by atoms with van der Waals surface area (Å²) in [6, 6.07) is 12.2. The van der Waals surface area contributed by atoms with Crippen LogP contribution in [0.4, 0.5) is 10.1 Å². The number of hydrogen-bond acceptors (Lipinski definition) is 6. The van der Waals surface area contributed by atoms with E-state index in [4.69, 9.17) is 16.3 Å². The summed E-state index contributed by atoms with van der Waals surface area (Å²) in [6.45, 7) is 1.25. The molecule has 34 heavy (non-hydrogen) atoms. The van der Waals surface area contributed by atoms with E-state index in [-0.39, 0.29) is 11.7 Å². The molecule has 2 aromatic carbocycles. The Morgan fingerprint density at radius 1 is 1.24 bits per heavy atom. The number of rotatable bonds is 4. The molecular weight excluding hydrogens is 459 g/mol. The monoisotopic (exact) mass is 480 g/mol. The fourth-order valence-electron chi connectivity index (χ4n) is 4.52. The summed E-state index contributed by atoms with van der Waals surface area (Å²) in [5, 5.41) is 21.2. The number of nitrogens with zero attached hydrogens (tertiary/aromatic N) is 5. The van der Waals surface area contributed by atoms with E-state index in [1.165, 1.54) is 24.8 Å². The third-order valence-corrected chi connectivity index (χ3v) is 6.80. The van der Waals surface area contributed by atoms with Gasteiger partial charge in [-0.15, -0.1) is 10.2 Å². The third kappa shape index (κ3) is 4.29. The molecule has 0 saturated carbocycles. The zero-order chi connectivity index (χ0) is 23.7. The van der Waals surface area contributed by atoms with Crippen LogP contribution < -0.4 is 10.1 Å². The van der Waals surface area contributed by atoms with E-state index < -0.39 is 11.5 Å². The Morgan fingerprint density at radius 3 is 2.62 bits per heavy atom. The SMILES string of the molecule is N#CC1(Cc2ccc(F)cc2)CCN(C(=O)C2CNc3cc(Cl)c(-n4cnnc4)cc3O2)CC1. The van der Waals surface area contributed by atoms with E-state index in [2.05, 4.69) is 21.6 Å². The lowest BCUT2D eigenvalue weighted by Gasteiger charge is -2.39. The third-order valence-electron chi connectivity index (χ3n) is 6.49. The predicted octanol–water partition coefficient (Wildman–Crippen LogP) is 3.61. The van der Waals surface area contributed by atoms with Gasteiger partial charge >= 0.3 is 0 Å². The van der Waals surface area contributed by atoms with Crippen molar-refractivity contribution in [1.82, 2.24) is 19.7 Å². The summed E-state index contributed by atoms with van der Waals surface area (Å²) in [5.74, 6) is 0.110. The number of benzene rings is 2. The van der Waals surface area contributed by atoms with Crippen molar-refractivity contribution in [3.8, 4) is 17.5 Å². The van der Waals surface area contributed by atoms with Crippen molar-refractivity contribution in [3.63, 3.8) is 0 Å². The minimum absolute atomic E-state index is 0.118. The molecule has 1 fully saturated rings. The van der Waals surface area contributed by atoms with Gasteiger partial charge in [0.15, 0.2) is 6.10 Å². The number of halogens is 2. The number of piperidine rings is 1. The molecular formula is C24H22ClFN6O2. The Balaban J connectivity index is 1.25. The Bertz CT molecular complexity index is 1230. The molecule has 0 aliphatic carbocycles. The standard InChI is InChI=1S/C24H22ClFN6O2/c25-18-9-19-21(10-20(18)32-14-29-30-15-32)34-22(12-28-19)23(33)31-7-5-24(13-27,6-8-31)11-16-1-3-17(26)4-2-16/h1-4,9-10,14-15,22,28H,5-8,11-12H2. The van der Waals surface area contributed by atoms with Gasteiger partial charge in [-0.1, -0.05) is 23.7 Å². The van der Waals surface area contributed by atoms with Crippen LogP contribution >= 0.6 is 11.6 Å². The summed E-state index contributed by atoms with van der Waals surface area (Å²) < 4.78 is 21.0. The number of nitriles is 1. The van der Waals surface area contributed by atoms with Gasteiger partial charge in [-0.25, -0.2) is 4.39 Å². The first kappa shape index (κ1) is 22.2. The Kier molecular flexibility index (Phi) is 5.84.